The van der Waals surface area contributed by atoms with Crippen LogP contribution in [0, 0.1) is 0 Å². The molecule has 0 amide bonds. The van der Waals surface area contributed by atoms with E-state index in [9.17, 15) is 4.79 Å². The molecule has 0 bridgehead atoms. The Bertz CT molecular complexity index is 335. The second-order valence-electron chi connectivity index (χ2n) is 3.14. The SMILES string of the molecule is CCOC(=O)C(OCC)c1ccc(Cl)cc1. The van der Waals surface area contributed by atoms with E-state index < -0.39 is 6.10 Å². The lowest BCUT2D eigenvalue weighted by Crippen LogP contribution is -2.18. The van der Waals surface area contributed by atoms with E-state index in [4.69, 9.17) is 21.1 Å². The van der Waals surface area contributed by atoms with Gasteiger partial charge >= 0.3 is 5.97 Å². The maximum Gasteiger partial charge on any atom is 0.339 e. The highest BCUT2D eigenvalue weighted by molar-refractivity contribution is 6.30. The normalized spacial score (nSPS) is 12.2. The molecule has 1 aromatic rings. The number of hydrogen-bond acceptors (Lipinski definition) is 3. The number of benzene rings is 1. The fourth-order valence-corrected chi connectivity index (χ4v) is 1.45. The molecule has 0 aliphatic rings. The summed E-state index contributed by atoms with van der Waals surface area (Å²) >= 11 is 5.78. The Morgan fingerprint density at radius 2 is 1.88 bits per heavy atom. The van der Waals surface area contributed by atoms with Gasteiger partial charge in [-0.3, -0.25) is 0 Å². The Labute approximate surface area is 100 Å². The van der Waals surface area contributed by atoms with E-state index in [1.807, 2.05) is 6.92 Å². The minimum absolute atomic E-state index is 0.343. The number of halogens is 1. The minimum atomic E-state index is -0.665. The van der Waals surface area contributed by atoms with Gasteiger partial charge < -0.3 is 9.47 Å². The lowest BCUT2D eigenvalue weighted by molar-refractivity contribution is -0.157. The van der Waals surface area contributed by atoms with Gasteiger partial charge in [0.2, 0.25) is 0 Å². The van der Waals surface area contributed by atoms with Gasteiger partial charge in [0.15, 0.2) is 6.10 Å². The molecule has 1 rings (SSSR count). The molecule has 1 atom stereocenters. The monoisotopic (exact) mass is 242 g/mol. The van der Waals surface area contributed by atoms with Crippen molar-refractivity contribution in [1.82, 2.24) is 0 Å². The van der Waals surface area contributed by atoms with Crippen LogP contribution >= 0.6 is 11.6 Å². The predicted molar refractivity (Wildman–Crippen MR) is 62.5 cm³/mol. The topological polar surface area (TPSA) is 35.5 Å². The summed E-state index contributed by atoms with van der Waals surface area (Å²) in [7, 11) is 0. The average molecular weight is 243 g/mol. The quantitative estimate of drug-likeness (QED) is 0.745. The summed E-state index contributed by atoms with van der Waals surface area (Å²) in [5.41, 5.74) is 0.754. The smallest absolute Gasteiger partial charge is 0.339 e. The number of rotatable bonds is 5. The van der Waals surface area contributed by atoms with Crippen LogP contribution in [0.25, 0.3) is 0 Å². The first-order valence-electron chi connectivity index (χ1n) is 5.22. The van der Waals surface area contributed by atoms with Gasteiger partial charge in [-0.2, -0.15) is 0 Å². The molecule has 0 aliphatic heterocycles. The molecule has 0 fully saturated rings. The molecule has 88 valence electrons. The summed E-state index contributed by atoms with van der Waals surface area (Å²) in [6.07, 6.45) is -0.665. The van der Waals surface area contributed by atoms with Gasteiger partial charge in [-0.1, -0.05) is 23.7 Å². The lowest BCUT2D eigenvalue weighted by atomic mass is 10.1. The Balaban J connectivity index is 2.84. The van der Waals surface area contributed by atoms with E-state index in [2.05, 4.69) is 0 Å². The summed E-state index contributed by atoms with van der Waals surface area (Å²) in [5, 5.41) is 0.628. The molecule has 3 nitrogen and oxygen atoms in total. The van der Waals surface area contributed by atoms with Crippen molar-refractivity contribution in [2.45, 2.75) is 20.0 Å². The Kier molecular flexibility index (Phi) is 5.29. The van der Waals surface area contributed by atoms with E-state index in [0.29, 0.717) is 18.2 Å². The first kappa shape index (κ1) is 13.0. The molecule has 16 heavy (non-hydrogen) atoms. The fourth-order valence-electron chi connectivity index (χ4n) is 1.32. The van der Waals surface area contributed by atoms with E-state index >= 15 is 0 Å². The number of ether oxygens (including phenoxy) is 2. The summed E-state index contributed by atoms with van der Waals surface area (Å²) in [6, 6.07) is 6.98. The van der Waals surface area contributed by atoms with Crippen LogP contribution in [-0.4, -0.2) is 19.2 Å². The number of hydrogen-bond donors (Lipinski definition) is 0. The molecule has 0 radical (unpaired) electrons. The highest BCUT2D eigenvalue weighted by atomic mass is 35.5. The van der Waals surface area contributed by atoms with Crippen molar-refractivity contribution in [3.05, 3.63) is 34.9 Å². The molecule has 0 aliphatic carbocycles. The highest BCUT2D eigenvalue weighted by Gasteiger charge is 2.21. The van der Waals surface area contributed by atoms with Crippen molar-refractivity contribution in [3.8, 4) is 0 Å². The first-order valence-corrected chi connectivity index (χ1v) is 5.60. The number of carbonyl (C=O) groups excluding carboxylic acids is 1. The molecule has 1 unspecified atom stereocenters. The Morgan fingerprint density at radius 3 is 2.38 bits per heavy atom. The van der Waals surface area contributed by atoms with Gasteiger partial charge in [0.25, 0.3) is 0 Å². The maximum absolute atomic E-state index is 11.6. The summed E-state index contributed by atoms with van der Waals surface area (Å²) in [4.78, 5) is 11.6. The molecule has 0 aromatic heterocycles. The molecule has 4 heteroatoms. The van der Waals surface area contributed by atoms with Crippen molar-refractivity contribution in [2.24, 2.45) is 0 Å². The third-order valence-electron chi connectivity index (χ3n) is 2.01. The molecule has 1 aromatic carbocycles. The second kappa shape index (κ2) is 6.51. The largest absolute Gasteiger partial charge is 0.464 e. The lowest BCUT2D eigenvalue weighted by Gasteiger charge is -2.15. The fraction of sp³-hybridized carbons (Fsp3) is 0.417. The van der Waals surface area contributed by atoms with Crippen LogP contribution in [0.15, 0.2) is 24.3 Å². The van der Waals surface area contributed by atoms with Crippen molar-refractivity contribution >= 4 is 17.6 Å². The highest BCUT2D eigenvalue weighted by Crippen LogP contribution is 2.21. The van der Waals surface area contributed by atoms with Crippen molar-refractivity contribution in [3.63, 3.8) is 0 Å². The predicted octanol–water partition coefficient (Wildman–Crippen LogP) is 2.98. The van der Waals surface area contributed by atoms with Crippen LogP contribution in [0.5, 0.6) is 0 Å². The molecule has 0 saturated heterocycles. The van der Waals surface area contributed by atoms with E-state index in [1.54, 1.807) is 31.2 Å². The van der Waals surface area contributed by atoms with Crippen LogP contribution < -0.4 is 0 Å². The van der Waals surface area contributed by atoms with E-state index in [1.165, 1.54) is 0 Å². The average Bonchev–Trinajstić information content (AvgIpc) is 2.28. The van der Waals surface area contributed by atoms with Gasteiger partial charge in [-0.15, -0.1) is 0 Å². The van der Waals surface area contributed by atoms with Crippen LogP contribution in [0.2, 0.25) is 5.02 Å². The van der Waals surface area contributed by atoms with Crippen LogP contribution in [-0.2, 0) is 14.3 Å². The summed E-state index contributed by atoms with van der Waals surface area (Å²) in [6.45, 7) is 4.40. The van der Waals surface area contributed by atoms with Crippen molar-refractivity contribution in [1.29, 1.82) is 0 Å². The van der Waals surface area contributed by atoms with E-state index in [0.717, 1.165) is 5.56 Å². The van der Waals surface area contributed by atoms with Crippen LogP contribution in [0.3, 0.4) is 0 Å². The Morgan fingerprint density at radius 1 is 1.25 bits per heavy atom. The first-order chi connectivity index (χ1) is 7.69. The molecule has 0 spiro atoms. The number of esters is 1. The zero-order chi connectivity index (χ0) is 12.0. The minimum Gasteiger partial charge on any atom is -0.464 e. The second-order valence-corrected chi connectivity index (χ2v) is 3.58. The molecule has 0 N–H and O–H groups in total. The van der Waals surface area contributed by atoms with Crippen LogP contribution in [0.1, 0.15) is 25.5 Å². The van der Waals surface area contributed by atoms with E-state index in [-0.39, 0.29) is 5.97 Å². The standard InChI is InChI=1S/C12H15ClO3/c1-3-15-11(12(14)16-4-2)9-5-7-10(13)8-6-9/h5-8,11H,3-4H2,1-2H3. The maximum atomic E-state index is 11.6. The Hall–Kier alpha value is -1.06. The summed E-state index contributed by atoms with van der Waals surface area (Å²) < 4.78 is 10.3. The van der Waals surface area contributed by atoms with Gasteiger partial charge in [0, 0.05) is 11.6 Å². The van der Waals surface area contributed by atoms with Crippen molar-refractivity contribution < 1.29 is 14.3 Å². The summed E-state index contributed by atoms with van der Waals surface area (Å²) in [5.74, 6) is -0.369. The van der Waals surface area contributed by atoms with Crippen LogP contribution in [0.4, 0.5) is 0 Å². The number of carbonyl (C=O) groups is 1. The molecular weight excluding hydrogens is 228 g/mol. The van der Waals surface area contributed by atoms with Gasteiger partial charge in [0.1, 0.15) is 0 Å². The molecule has 0 saturated carbocycles. The molecular formula is C12H15ClO3. The third kappa shape index (κ3) is 3.51. The van der Waals surface area contributed by atoms with Gasteiger partial charge in [0.05, 0.1) is 6.61 Å². The zero-order valence-electron chi connectivity index (χ0n) is 9.40. The van der Waals surface area contributed by atoms with Gasteiger partial charge in [-0.25, -0.2) is 4.79 Å². The molecule has 0 heterocycles. The third-order valence-corrected chi connectivity index (χ3v) is 2.26. The van der Waals surface area contributed by atoms with Crippen molar-refractivity contribution in [2.75, 3.05) is 13.2 Å². The van der Waals surface area contributed by atoms with Gasteiger partial charge in [-0.05, 0) is 31.5 Å². The zero-order valence-corrected chi connectivity index (χ0v) is 10.2.